The molecule has 4 aliphatic carbocycles. The van der Waals surface area contributed by atoms with Crippen molar-refractivity contribution in [3.8, 4) is 11.5 Å². The molecule has 0 aliphatic heterocycles. The molecule has 5 rings (SSSR count). The maximum Gasteiger partial charge on any atom is 0.387 e. The second-order valence-corrected chi connectivity index (χ2v) is 7.87. The number of carbonyl (C=O) groups is 1. The number of para-hydroxylation sites is 1. The number of benzene rings is 1. The van der Waals surface area contributed by atoms with Crippen LogP contribution in [0.1, 0.15) is 48.9 Å². The van der Waals surface area contributed by atoms with Crippen LogP contribution in [0.15, 0.2) is 18.2 Å². The van der Waals surface area contributed by atoms with Crippen LogP contribution in [0.5, 0.6) is 11.5 Å². The molecule has 0 unspecified atom stereocenters. The highest BCUT2D eigenvalue weighted by atomic mass is 19.3. The zero-order valence-corrected chi connectivity index (χ0v) is 14.3. The van der Waals surface area contributed by atoms with Gasteiger partial charge in [0.25, 0.3) is 5.91 Å². The van der Waals surface area contributed by atoms with Crippen molar-refractivity contribution >= 4 is 5.91 Å². The number of carbonyl (C=O) groups excluding carboxylic acids is 1. The average molecular weight is 351 g/mol. The second kappa shape index (κ2) is 6.15. The first-order valence-corrected chi connectivity index (χ1v) is 8.92. The van der Waals surface area contributed by atoms with Gasteiger partial charge in [0.05, 0.1) is 12.7 Å². The standard InChI is InChI=1S/C19H23F2NO3/c1-24-15-4-2-3-14(16(15)25-18(20)21)17(23)22-19-8-11-5-12(9-19)7-13(6-11)10-19/h2-4,11-13,18H,5-10H2,1H3,(H,22,23). The van der Waals surface area contributed by atoms with E-state index in [9.17, 15) is 13.6 Å². The Bertz CT molecular complexity index is 641. The Kier molecular flexibility index (Phi) is 4.08. The number of alkyl halides is 2. The summed E-state index contributed by atoms with van der Waals surface area (Å²) >= 11 is 0. The largest absolute Gasteiger partial charge is 0.493 e. The fourth-order valence-corrected chi connectivity index (χ4v) is 5.64. The first-order chi connectivity index (χ1) is 12.0. The second-order valence-electron chi connectivity index (χ2n) is 7.87. The molecule has 0 spiro atoms. The van der Waals surface area contributed by atoms with Gasteiger partial charge < -0.3 is 14.8 Å². The lowest BCUT2D eigenvalue weighted by atomic mass is 9.53. The normalized spacial score (nSPS) is 32.7. The molecule has 4 aliphatic rings. The van der Waals surface area contributed by atoms with E-state index in [1.165, 1.54) is 38.5 Å². The molecule has 0 atom stereocenters. The number of hydrogen-bond acceptors (Lipinski definition) is 3. The molecule has 4 bridgehead atoms. The summed E-state index contributed by atoms with van der Waals surface area (Å²) in [5.41, 5.74) is -0.0767. The number of ether oxygens (including phenoxy) is 2. The number of hydrogen-bond donors (Lipinski definition) is 1. The lowest BCUT2D eigenvalue weighted by Crippen LogP contribution is -2.59. The Hall–Kier alpha value is -1.85. The van der Waals surface area contributed by atoms with Crippen LogP contribution in [0, 0.1) is 17.8 Å². The molecule has 4 saturated carbocycles. The average Bonchev–Trinajstić information content (AvgIpc) is 2.52. The van der Waals surface area contributed by atoms with Gasteiger partial charge in [-0.25, -0.2) is 0 Å². The summed E-state index contributed by atoms with van der Waals surface area (Å²) in [5.74, 6) is 1.66. The van der Waals surface area contributed by atoms with Crippen LogP contribution in [0.3, 0.4) is 0 Å². The highest BCUT2D eigenvalue weighted by molar-refractivity contribution is 5.98. The van der Waals surface area contributed by atoms with E-state index >= 15 is 0 Å². The topological polar surface area (TPSA) is 47.6 Å². The third-order valence-corrected chi connectivity index (χ3v) is 6.07. The molecule has 6 heteroatoms. The van der Waals surface area contributed by atoms with Crippen molar-refractivity contribution in [2.24, 2.45) is 17.8 Å². The van der Waals surface area contributed by atoms with Crippen LogP contribution in [-0.2, 0) is 0 Å². The number of rotatable bonds is 5. The van der Waals surface area contributed by atoms with Gasteiger partial charge in [-0.05, 0) is 68.4 Å². The molecule has 1 N–H and O–H groups in total. The highest BCUT2D eigenvalue weighted by Gasteiger charge is 2.51. The summed E-state index contributed by atoms with van der Waals surface area (Å²) in [6, 6.07) is 4.64. The van der Waals surface area contributed by atoms with E-state index in [1.807, 2.05) is 0 Å². The molecular formula is C19H23F2NO3. The third-order valence-electron chi connectivity index (χ3n) is 6.07. The smallest absolute Gasteiger partial charge is 0.387 e. The molecule has 1 aromatic carbocycles. The Labute approximate surface area is 145 Å². The number of nitrogens with one attached hydrogen (secondary N) is 1. The minimum Gasteiger partial charge on any atom is -0.493 e. The van der Waals surface area contributed by atoms with E-state index in [-0.39, 0.29) is 28.5 Å². The van der Waals surface area contributed by atoms with Gasteiger partial charge >= 0.3 is 6.61 Å². The zero-order chi connectivity index (χ0) is 17.6. The van der Waals surface area contributed by atoms with E-state index < -0.39 is 6.61 Å². The van der Waals surface area contributed by atoms with E-state index in [4.69, 9.17) is 4.74 Å². The highest BCUT2D eigenvalue weighted by Crippen LogP contribution is 2.55. The molecule has 0 saturated heterocycles. The van der Waals surface area contributed by atoms with Crippen LogP contribution in [0.4, 0.5) is 8.78 Å². The maximum atomic E-state index is 12.9. The van der Waals surface area contributed by atoms with Crippen molar-refractivity contribution in [1.29, 1.82) is 0 Å². The lowest BCUT2D eigenvalue weighted by Gasteiger charge is -2.56. The monoisotopic (exact) mass is 351 g/mol. The SMILES string of the molecule is COc1cccc(C(=O)NC23CC4CC(CC(C4)C2)C3)c1OC(F)F. The number of methoxy groups -OCH3 is 1. The lowest BCUT2D eigenvalue weighted by molar-refractivity contribution is -0.0516. The first kappa shape index (κ1) is 16.6. The van der Waals surface area contributed by atoms with Crippen molar-refractivity contribution in [2.45, 2.75) is 50.7 Å². The van der Waals surface area contributed by atoms with Gasteiger partial charge in [-0.15, -0.1) is 0 Å². The summed E-state index contributed by atoms with van der Waals surface area (Å²) in [7, 11) is 1.37. The third kappa shape index (κ3) is 3.07. The molecule has 4 nitrogen and oxygen atoms in total. The van der Waals surface area contributed by atoms with Crippen LogP contribution in [-0.4, -0.2) is 25.2 Å². The van der Waals surface area contributed by atoms with Gasteiger partial charge in [0.1, 0.15) is 0 Å². The Morgan fingerprint density at radius 2 is 1.76 bits per heavy atom. The van der Waals surface area contributed by atoms with E-state index in [0.29, 0.717) is 17.8 Å². The Morgan fingerprint density at radius 3 is 2.28 bits per heavy atom. The van der Waals surface area contributed by atoms with Gasteiger partial charge in [-0.1, -0.05) is 6.07 Å². The predicted octanol–water partition coefficient (Wildman–Crippen LogP) is 4.00. The minimum atomic E-state index is -3.01. The number of amides is 1. The van der Waals surface area contributed by atoms with Gasteiger partial charge in [-0.3, -0.25) is 4.79 Å². The summed E-state index contributed by atoms with van der Waals surface area (Å²) in [6.07, 6.45) is 6.81. The predicted molar refractivity (Wildman–Crippen MR) is 88.0 cm³/mol. The molecule has 1 amide bonds. The van der Waals surface area contributed by atoms with Crippen molar-refractivity contribution in [3.63, 3.8) is 0 Å². The molecule has 0 heterocycles. The minimum absolute atomic E-state index is 0.107. The fourth-order valence-electron chi connectivity index (χ4n) is 5.64. The van der Waals surface area contributed by atoms with E-state index in [2.05, 4.69) is 10.1 Å². The van der Waals surface area contributed by atoms with Gasteiger partial charge in [0.2, 0.25) is 0 Å². The molecular weight excluding hydrogens is 328 g/mol. The zero-order valence-electron chi connectivity index (χ0n) is 14.3. The molecule has 136 valence electrons. The van der Waals surface area contributed by atoms with E-state index in [1.54, 1.807) is 6.07 Å². The summed E-state index contributed by atoms with van der Waals surface area (Å²) < 4.78 is 35.3. The first-order valence-electron chi connectivity index (χ1n) is 8.92. The summed E-state index contributed by atoms with van der Waals surface area (Å²) in [4.78, 5) is 12.9. The Morgan fingerprint density at radius 1 is 1.16 bits per heavy atom. The van der Waals surface area contributed by atoms with Crippen molar-refractivity contribution in [3.05, 3.63) is 23.8 Å². The van der Waals surface area contributed by atoms with Crippen molar-refractivity contribution in [1.82, 2.24) is 5.32 Å². The van der Waals surface area contributed by atoms with Gasteiger partial charge in [0.15, 0.2) is 11.5 Å². The van der Waals surface area contributed by atoms with Crippen molar-refractivity contribution in [2.75, 3.05) is 7.11 Å². The molecule has 0 aromatic heterocycles. The summed E-state index contributed by atoms with van der Waals surface area (Å²) in [6.45, 7) is -3.01. The fraction of sp³-hybridized carbons (Fsp3) is 0.632. The van der Waals surface area contributed by atoms with Crippen molar-refractivity contribution < 1.29 is 23.0 Å². The van der Waals surface area contributed by atoms with E-state index in [0.717, 1.165) is 19.3 Å². The molecule has 1 aromatic rings. The molecule has 0 radical (unpaired) electrons. The van der Waals surface area contributed by atoms with Crippen LogP contribution >= 0.6 is 0 Å². The Balaban J connectivity index is 1.59. The molecule has 25 heavy (non-hydrogen) atoms. The van der Waals surface area contributed by atoms with Crippen LogP contribution in [0.2, 0.25) is 0 Å². The summed E-state index contributed by atoms with van der Waals surface area (Å²) in [5, 5.41) is 3.19. The quantitative estimate of drug-likeness (QED) is 0.872. The maximum absolute atomic E-state index is 12.9. The van der Waals surface area contributed by atoms with Crippen LogP contribution in [0.25, 0.3) is 0 Å². The molecule has 4 fully saturated rings. The van der Waals surface area contributed by atoms with Gasteiger partial charge in [-0.2, -0.15) is 8.78 Å². The number of halogens is 2. The van der Waals surface area contributed by atoms with Crippen LogP contribution < -0.4 is 14.8 Å². The van der Waals surface area contributed by atoms with Gasteiger partial charge in [0, 0.05) is 5.54 Å².